The summed E-state index contributed by atoms with van der Waals surface area (Å²) in [6.07, 6.45) is 4.33. The molecule has 0 spiro atoms. The van der Waals surface area contributed by atoms with E-state index in [0.29, 0.717) is 0 Å². The predicted molar refractivity (Wildman–Crippen MR) is 32.0 cm³/mol. The number of halogens is 1. The molecule has 0 amide bonds. The zero-order chi connectivity index (χ0) is 4.41. The molecule has 0 aromatic carbocycles. The summed E-state index contributed by atoms with van der Waals surface area (Å²) >= 11 is 5.64. The van der Waals surface area contributed by atoms with Crippen molar-refractivity contribution in [2.24, 2.45) is 0 Å². The predicted octanol–water partition coefficient (Wildman–Crippen LogP) is 1.28. The van der Waals surface area contributed by atoms with Crippen molar-refractivity contribution in [3.8, 4) is 0 Å². The van der Waals surface area contributed by atoms with Crippen LogP contribution in [0.5, 0.6) is 0 Å². The highest BCUT2D eigenvalue weighted by Crippen LogP contribution is 2.31. The fourth-order valence-electron chi connectivity index (χ4n) is 0.647. The van der Waals surface area contributed by atoms with Crippen LogP contribution in [0.15, 0.2) is 0 Å². The standard InChI is InChI=1S/C4H9ClSi/c5-6-4-2-1-3-4/h4H,1-3,6H2. The molecule has 0 nitrogen and oxygen atoms in total. The zero-order valence-electron chi connectivity index (χ0n) is 3.78. The molecule has 1 aliphatic rings. The number of hydrogen-bond acceptors (Lipinski definition) is 0. The van der Waals surface area contributed by atoms with Crippen molar-refractivity contribution in [2.75, 3.05) is 0 Å². The van der Waals surface area contributed by atoms with Gasteiger partial charge in [0.15, 0.2) is 0 Å². The van der Waals surface area contributed by atoms with Gasteiger partial charge in [-0.3, -0.25) is 0 Å². The first kappa shape index (κ1) is 4.66. The van der Waals surface area contributed by atoms with Gasteiger partial charge < -0.3 is 0 Å². The summed E-state index contributed by atoms with van der Waals surface area (Å²) in [6.45, 7) is 0. The van der Waals surface area contributed by atoms with Gasteiger partial charge in [-0.25, -0.2) is 0 Å². The van der Waals surface area contributed by atoms with E-state index in [0.717, 1.165) is 5.54 Å². The van der Waals surface area contributed by atoms with E-state index in [2.05, 4.69) is 0 Å². The van der Waals surface area contributed by atoms with Gasteiger partial charge in [-0.1, -0.05) is 19.3 Å². The van der Waals surface area contributed by atoms with Gasteiger partial charge in [0.2, 0.25) is 0 Å². The van der Waals surface area contributed by atoms with Gasteiger partial charge in [0.1, 0.15) is 8.83 Å². The monoisotopic (exact) mass is 120 g/mol. The quantitative estimate of drug-likeness (QED) is 0.361. The van der Waals surface area contributed by atoms with Crippen molar-refractivity contribution in [3.63, 3.8) is 0 Å². The molecule has 6 heavy (non-hydrogen) atoms. The Labute approximate surface area is 45.4 Å². The fourth-order valence-corrected chi connectivity index (χ4v) is 2.46. The molecule has 0 saturated heterocycles. The maximum Gasteiger partial charge on any atom is 0.128 e. The van der Waals surface area contributed by atoms with E-state index < -0.39 is 0 Å². The lowest BCUT2D eigenvalue weighted by molar-refractivity contribution is 0.502. The lowest BCUT2D eigenvalue weighted by Crippen LogP contribution is -2.07. The van der Waals surface area contributed by atoms with Crippen LogP contribution < -0.4 is 0 Å². The molecule has 1 rings (SSSR count). The van der Waals surface area contributed by atoms with Crippen LogP contribution in [0, 0.1) is 0 Å². The molecule has 0 N–H and O–H groups in total. The van der Waals surface area contributed by atoms with Crippen molar-refractivity contribution in [1.29, 1.82) is 0 Å². The Morgan fingerprint density at radius 1 is 1.50 bits per heavy atom. The van der Waals surface area contributed by atoms with E-state index in [1.165, 1.54) is 19.3 Å². The smallest absolute Gasteiger partial charge is 0.128 e. The highest BCUT2D eigenvalue weighted by atomic mass is 35.6. The molecule has 0 aromatic heterocycles. The molecule has 1 fully saturated rings. The molecule has 0 heterocycles. The second kappa shape index (κ2) is 1.98. The third-order valence-corrected chi connectivity index (χ3v) is 4.01. The van der Waals surface area contributed by atoms with E-state index in [1.54, 1.807) is 0 Å². The highest BCUT2D eigenvalue weighted by Gasteiger charge is 2.15. The van der Waals surface area contributed by atoms with E-state index in [1.807, 2.05) is 0 Å². The van der Waals surface area contributed by atoms with Crippen LogP contribution in [0.2, 0.25) is 5.54 Å². The molecule has 1 aliphatic carbocycles. The minimum absolute atomic E-state index is 0.103. The van der Waals surface area contributed by atoms with Gasteiger partial charge in [-0.05, 0) is 5.54 Å². The molecular formula is C4H9ClSi. The molecular weight excluding hydrogens is 112 g/mol. The van der Waals surface area contributed by atoms with E-state index in [4.69, 9.17) is 11.1 Å². The Bertz CT molecular complexity index is 40.1. The second-order valence-electron chi connectivity index (χ2n) is 1.95. The Kier molecular flexibility index (Phi) is 1.54. The van der Waals surface area contributed by atoms with E-state index >= 15 is 0 Å². The van der Waals surface area contributed by atoms with Crippen LogP contribution in [-0.4, -0.2) is 8.83 Å². The van der Waals surface area contributed by atoms with Gasteiger partial charge in [0.25, 0.3) is 0 Å². The Balaban J connectivity index is 2.01. The van der Waals surface area contributed by atoms with Crippen LogP contribution in [-0.2, 0) is 0 Å². The summed E-state index contributed by atoms with van der Waals surface area (Å²) in [4.78, 5) is 0. The Hall–Kier alpha value is 0.507. The summed E-state index contributed by atoms with van der Waals surface area (Å²) < 4.78 is 0. The van der Waals surface area contributed by atoms with Gasteiger partial charge in [0.05, 0.1) is 0 Å². The molecule has 2 heteroatoms. The maximum absolute atomic E-state index is 5.64. The van der Waals surface area contributed by atoms with Crippen LogP contribution in [0.4, 0.5) is 0 Å². The van der Waals surface area contributed by atoms with Crippen molar-refractivity contribution < 1.29 is 0 Å². The largest absolute Gasteiger partial charge is 0.176 e. The topological polar surface area (TPSA) is 0 Å². The summed E-state index contributed by atoms with van der Waals surface area (Å²) in [5.74, 6) is 0. The minimum atomic E-state index is -0.103. The lowest BCUT2D eigenvalue weighted by atomic mass is 10.00. The molecule has 1 saturated carbocycles. The fraction of sp³-hybridized carbons (Fsp3) is 1.00. The molecule has 0 bridgehead atoms. The summed E-state index contributed by atoms with van der Waals surface area (Å²) in [6, 6.07) is 0. The Morgan fingerprint density at radius 2 is 2.17 bits per heavy atom. The Morgan fingerprint density at radius 3 is 2.17 bits per heavy atom. The average Bonchev–Trinajstić information content (AvgIpc) is 1.31. The molecule has 0 aromatic rings. The lowest BCUT2D eigenvalue weighted by Gasteiger charge is -2.21. The molecule has 0 unspecified atom stereocenters. The summed E-state index contributed by atoms with van der Waals surface area (Å²) in [5, 5.41) is 0. The summed E-state index contributed by atoms with van der Waals surface area (Å²) in [5.41, 5.74) is 1.02. The molecule has 36 valence electrons. The molecule has 0 atom stereocenters. The van der Waals surface area contributed by atoms with E-state index in [9.17, 15) is 0 Å². The highest BCUT2D eigenvalue weighted by molar-refractivity contribution is 6.94. The van der Waals surface area contributed by atoms with Gasteiger partial charge >= 0.3 is 0 Å². The summed E-state index contributed by atoms with van der Waals surface area (Å²) in [7, 11) is -0.103. The van der Waals surface area contributed by atoms with Crippen LogP contribution in [0.1, 0.15) is 19.3 Å². The van der Waals surface area contributed by atoms with Crippen molar-refractivity contribution in [3.05, 3.63) is 0 Å². The second-order valence-corrected chi connectivity index (χ2v) is 4.34. The van der Waals surface area contributed by atoms with E-state index in [-0.39, 0.29) is 8.83 Å². The first-order chi connectivity index (χ1) is 2.93. The zero-order valence-corrected chi connectivity index (χ0v) is 5.95. The van der Waals surface area contributed by atoms with Crippen LogP contribution in [0.3, 0.4) is 0 Å². The average molecular weight is 121 g/mol. The van der Waals surface area contributed by atoms with Crippen LogP contribution in [0.25, 0.3) is 0 Å². The normalized spacial score (nSPS) is 25.5. The third kappa shape index (κ3) is 0.766. The van der Waals surface area contributed by atoms with Crippen molar-refractivity contribution in [2.45, 2.75) is 24.8 Å². The third-order valence-electron chi connectivity index (χ3n) is 1.44. The minimum Gasteiger partial charge on any atom is -0.176 e. The van der Waals surface area contributed by atoms with Gasteiger partial charge in [0, 0.05) is 0 Å². The SMILES string of the molecule is Cl[SiH2]C1CCC1. The maximum atomic E-state index is 5.64. The molecule has 0 radical (unpaired) electrons. The first-order valence-corrected chi connectivity index (χ1v) is 5.45. The van der Waals surface area contributed by atoms with Crippen molar-refractivity contribution in [1.82, 2.24) is 0 Å². The first-order valence-electron chi connectivity index (χ1n) is 2.49. The number of hydrogen-bond donors (Lipinski definition) is 0. The van der Waals surface area contributed by atoms with Gasteiger partial charge in [-0.2, -0.15) is 11.1 Å². The van der Waals surface area contributed by atoms with Crippen molar-refractivity contribution >= 4 is 19.9 Å². The van der Waals surface area contributed by atoms with Crippen LogP contribution >= 0.6 is 11.1 Å². The van der Waals surface area contributed by atoms with Gasteiger partial charge in [-0.15, -0.1) is 0 Å². The molecule has 0 aliphatic heterocycles. The number of rotatable bonds is 1.